The third-order valence-corrected chi connectivity index (χ3v) is 4.37. The maximum atomic E-state index is 11.2. The van der Waals surface area contributed by atoms with Crippen LogP contribution >= 0.6 is 12.4 Å². The van der Waals surface area contributed by atoms with E-state index in [0.717, 1.165) is 30.0 Å². The van der Waals surface area contributed by atoms with Gasteiger partial charge in [0.25, 0.3) is 0 Å². The molecule has 2 aromatic carbocycles. The molecule has 1 unspecified atom stereocenters. The summed E-state index contributed by atoms with van der Waals surface area (Å²) >= 11 is 0. The van der Waals surface area contributed by atoms with Gasteiger partial charge < -0.3 is 19.4 Å². The van der Waals surface area contributed by atoms with Crippen molar-refractivity contribution in [1.29, 1.82) is 0 Å². The van der Waals surface area contributed by atoms with Crippen molar-refractivity contribution in [1.82, 2.24) is 9.55 Å². The smallest absolute Gasteiger partial charge is 0.221 e. The van der Waals surface area contributed by atoms with E-state index in [4.69, 9.17) is 9.47 Å². The molecule has 0 aliphatic carbocycles. The number of carbonyl (C=O) groups excluding carboxylic acids is 1. The molecule has 1 aromatic heterocycles. The van der Waals surface area contributed by atoms with Crippen molar-refractivity contribution >= 4 is 24.0 Å². The van der Waals surface area contributed by atoms with Crippen molar-refractivity contribution in [3.05, 3.63) is 72.8 Å². The number of hydrogen-bond acceptors (Lipinski definition) is 4. The van der Waals surface area contributed by atoms with Crippen molar-refractivity contribution in [2.45, 2.75) is 32.4 Å². The summed E-state index contributed by atoms with van der Waals surface area (Å²) in [6.07, 6.45) is 7.24. The topological polar surface area (TPSA) is 65.4 Å². The first-order valence-corrected chi connectivity index (χ1v) is 9.25. The Morgan fingerprint density at radius 2 is 1.79 bits per heavy atom. The van der Waals surface area contributed by atoms with Gasteiger partial charge in [0.05, 0.1) is 20.0 Å². The predicted octanol–water partition coefficient (Wildman–Crippen LogP) is 4.35. The van der Waals surface area contributed by atoms with Gasteiger partial charge in [0.2, 0.25) is 5.91 Å². The molecule has 3 rings (SSSR count). The minimum atomic E-state index is -0.0915. The number of rotatable bonds is 9. The molecule has 0 radical (unpaired) electrons. The van der Waals surface area contributed by atoms with Crippen LogP contribution in [0.1, 0.15) is 18.9 Å². The standard InChI is InChI=1S/C22H25N3O3.ClH/c1-17(26)24-19-6-11-21(12-7-19)28-22(15-25-14-13-23-16-25)10-5-18-3-8-20(27-2)9-4-18;/h3-4,6-9,11-14,16,22H,5,10,15H2,1-2H3,(H,24,26);1H. The van der Waals surface area contributed by atoms with Gasteiger partial charge in [-0.05, 0) is 54.8 Å². The highest BCUT2D eigenvalue weighted by atomic mass is 35.5. The highest BCUT2D eigenvalue weighted by molar-refractivity contribution is 5.88. The molecule has 3 aromatic rings. The Morgan fingerprint density at radius 3 is 2.38 bits per heavy atom. The summed E-state index contributed by atoms with van der Waals surface area (Å²) in [5, 5.41) is 2.76. The number of methoxy groups -OCH3 is 1. The summed E-state index contributed by atoms with van der Waals surface area (Å²) in [5.74, 6) is 1.54. The van der Waals surface area contributed by atoms with E-state index in [2.05, 4.69) is 22.4 Å². The van der Waals surface area contributed by atoms with Crippen molar-refractivity contribution < 1.29 is 14.3 Å². The SMILES string of the molecule is COc1ccc(CCC(Cn2ccnc2)Oc2ccc(NC(C)=O)cc2)cc1.Cl. The van der Waals surface area contributed by atoms with E-state index in [-0.39, 0.29) is 24.4 Å². The fraction of sp³-hybridized carbons (Fsp3) is 0.273. The number of nitrogens with zero attached hydrogens (tertiary/aromatic N) is 2. The summed E-state index contributed by atoms with van der Waals surface area (Å²) in [5.41, 5.74) is 1.99. The quantitative estimate of drug-likeness (QED) is 0.564. The second kappa shape index (κ2) is 11.1. The summed E-state index contributed by atoms with van der Waals surface area (Å²) in [7, 11) is 1.67. The third-order valence-electron chi connectivity index (χ3n) is 4.37. The molecule has 0 saturated carbocycles. The monoisotopic (exact) mass is 415 g/mol. The average molecular weight is 416 g/mol. The first kappa shape index (κ1) is 22.3. The lowest BCUT2D eigenvalue weighted by molar-refractivity contribution is -0.114. The summed E-state index contributed by atoms with van der Waals surface area (Å²) in [4.78, 5) is 15.3. The lowest BCUT2D eigenvalue weighted by Crippen LogP contribution is -2.23. The Morgan fingerprint density at radius 1 is 1.10 bits per heavy atom. The van der Waals surface area contributed by atoms with Crippen LogP contribution in [0.5, 0.6) is 11.5 Å². The number of carbonyl (C=O) groups is 1. The van der Waals surface area contributed by atoms with Gasteiger partial charge in [0.1, 0.15) is 17.6 Å². The van der Waals surface area contributed by atoms with Crippen LogP contribution in [0.15, 0.2) is 67.3 Å². The number of ether oxygens (including phenoxy) is 2. The van der Waals surface area contributed by atoms with Crippen LogP contribution in [0, 0.1) is 0 Å². The number of aromatic nitrogens is 2. The van der Waals surface area contributed by atoms with Gasteiger partial charge in [0.15, 0.2) is 0 Å². The van der Waals surface area contributed by atoms with Crippen LogP contribution in [-0.4, -0.2) is 28.7 Å². The molecule has 0 bridgehead atoms. The minimum Gasteiger partial charge on any atom is -0.497 e. The Hall–Kier alpha value is -2.99. The van der Waals surface area contributed by atoms with Crippen LogP contribution in [0.2, 0.25) is 0 Å². The first-order chi connectivity index (χ1) is 13.6. The Kier molecular flexibility index (Phi) is 8.55. The summed E-state index contributed by atoms with van der Waals surface area (Å²) < 4.78 is 13.5. The van der Waals surface area contributed by atoms with Crippen LogP contribution < -0.4 is 14.8 Å². The zero-order chi connectivity index (χ0) is 19.8. The number of amides is 1. The van der Waals surface area contributed by atoms with Gasteiger partial charge in [0, 0.05) is 25.0 Å². The predicted molar refractivity (Wildman–Crippen MR) is 116 cm³/mol. The molecular weight excluding hydrogens is 390 g/mol. The Bertz CT molecular complexity index is 865. The van der Waals surface area contributed by atoms with Gasteiger partial charge >= 0.3 is 0 Å². The number of hydrogen-bond donors (Lipinski definition) is 1. The Labute approximate surface area is 177 Å². The largest absolute Gasteiger partial charge is 0.497 e. The van der Waals surface area contributed by atoms with E-state index in [1.165, 1.54) is 12.5 Å². The number of imidazole rings is 1. The molecule has 0 spiro atoms. The molecule has 29 heavy (non-hydrogen) atoms. The molecular formula is C22H26ClN3O3. The molecule has 7 heteroatoms. The number of aryl methyl sites for hydroxylation is 1. The van der Waals surface area contributed by atoms with Crippen molar-refractivity contribution in [3.8, 4) is 11.5 Å². The Balaban J connectivity index is 0.00000300. The first-order valence-electron chi connectivity index (χ1n) is 9.25. The maximum absolute atomic E-state index is 11.2. The molecule has 1 atom stereocenters. The number of halogens is 1. The number of benzene rings is 2. The number of anilines is 1. The van der Waals surface area contributed by atoms with E-state index in [1.807, 2.05) is 47.2 Å². The van der Waals surface area contributed by atoms with Crippen molar-refractivity contribution in [3.63, 3.8) is 0 Å². The molecule has 0 aliphatic rings. The zero-order valence-corrected chi connectivity index (χ0v) is 17.4. The lowest BCUT2D eigenvalue weighted by atomic mass is 10.1. The fourth-order valence-corrected chi connectivity index (χ4v) is 2.95. The van der Waals surface area contributed by atoms with Crippen LogP contribution in [0.25, 0.3) is 0 Å². The molecule has 6 nitrogen and oxygen atoms in total. The van der Waals surface area contributed by atoms with Gasteiger partial charge in [-0.15, -0.1) is 12.4 Å². The number of nitrogens with one attached hydrogen (secondary N) is 1. The molecule has 1 N–H and O–H groups in total. The van der Waals surface area contributed by atoms with E-state index >= 15 is 0 Å². The van der Waals surface area contributed by atoms with E-state index in [1.54, 1.807) is 19.6 Å². The third kappa shape index (κ3) is 7.16. The highest BCUT2D eigenvalue weighted by Crippen LogP contribution is 2.20. The van der Waals surface area contributed by atoms with Gasteiger partial charge in [-0.1, -0.05) is 12.1 Å². The van der Waals surface area contributed by atoms with Crippen molar-refractivity contribution in [2.24, 2.45) is 0 Å². The van der Waals surface area contributed by atoms with Crippen LogP contribution in [0.3, 0.4) is 0 Å². The molecule has 0 aliphatic heterocycles. The molecule has 154 valence electrons. The second-order valence-electron chi connectivity index (χ2n) is 6.59. The lowest BCUT2D eigenvalue weighted by Gasteiger charge is -2.20. The van der Waals surface area contributed by atoms with E-state index in [9.17, 15) is 4.79 Å². The maximum Gasteiger partial charge on any atom is 0.221 e. The van der Waals surface area contributed by atoms with Crippen LogP contribution in [-0.2, 0) is 17.8 Å². The second-order valence-corrected chi connectivity index (χ2v) is 6.59. The van der Waals surface area contributed by atoms with Gasteiger partial charge in [-0.3, -0.25) is 4.79 Å². The molecule has 1 amide bonds. The minimum absolute atomic E-state index is 0. The van der Waals surface area contributed by atoms with E-state index < -0.39 is 0 Å². The summed E-state index contributed by atoms with van der Waals surface area (Å²) in [6.45, 7) is 2.20. The fourth-order valence-electron chi connectivity index (χ4n) is 2.95. The highest BCUT2D eigenvalue weighted by Gasteiger charge is 2.12. The summed E-state index contributed by atoms with van der Waals surface area (Å²) in [6, 6.07) is 15.5. The van der Waals surface area contributed by atoms with Crippen molar-refractivity contribution in [2.75, 3.05) is 12.4 Å². The molecule has 1 heterocycles. The average Bonchev–Trinajstić information content (AvgIpc) is 3.21. The zero-order valence-electron chi connectivity index (χ0n) is 16.6. The molecule has 0 fully saturated rings. The van der Waals surface area contributed by atoms with E-state index in [0.29, 0.717) is 6.54 Å². The van der Waals surface area contributed by atoms with Gasteiger partial charge in [-0.25, -0.2) is 4.98 Å². The van der Waals surface area contributed by atoms with Crippen LogP contribution in [0.4, 0.5) is 5.69 Å². The molecule has 0 saturated heterocycles. The normalized spacial score (nSPS) is 11.2. The van der Waals surface area contributed by atoms with Gasteiger partial charge in [-0.2, -0.15) is 0 Å².